The van der Waals surface area contributed by atoms with Crippen LogP contribution in [0.2, 0.25) is 5.02 Å². The number of aromatic nitrogens is 1. The molecule has 3 nitrogen and oxygen atoms in total. The molecule has 0 aromatic carbocycles. The maximum Gasteiger partial charge on any atom is 0.233 e. The average Bonchev–Trinajstić information content (AvgIpc) is 2.04. The monoisotopic (exact) mass is 199 g/mol. The van der Waals surface area contributed by atoms with E-state index in [-0.39, 0.29) is 6.10 Å². The van der Waals surface area contributed by atoms with Crippen LogP contribution < -0.4 is 4.74 Å². The number of rotatable bonds is 2. The van der Waals surface area contributed by atoms with Gasteiger partial charge in [-0.1, -0.05) is 11.6 Å². The molecule has 0 amide bonds. The first kappa shape index (κ1) is 8.78. The fourth-order valence-corrected chi connectivity index (χ4v) is 1.19. The summed E-state index contributed by atoms with van der Waals surface area (Å²) in [6.07, 6.45) is 1.81. The quantitative estimate of drug-likeness (QED) is 0.728. The summed E-state index contributed by atoms with van der Waals surface area (Å²) in [6.45, 7) is 3.19. The Labute approximate surface area is 81.6 Å². The van der Waals surface area contributed by atoms with Crippen LogP contribution in [0.5, 0.6) is 5.88 Å². The lowest BCUT2D eigenvalue weighted by Gasteiger charge is -2.26. The number of nitrogens with zero attached hydrogens (tertiary/aromatic N) is 1. The fraction of sp³-hybridized carbons (Fsp3) is 0.444. The molecule has 0 radical (unpaired) electrons. The number of hydrogen-bond acceptors (Lipinski definition) is 3. The lowest BCUT2D eigenvalue weighted by atomic mass is 10.3. The molecule has 1 aromatic rings. The second-order valence-electron chi connectivity index (χ2n) is 3.02. The lowest BCUT2D eigenvalue weighted by molar-refractivity contribution is -0.0813. The van der Waals surface area contributed by atoms with Crippen molar-refractivity contribution in [1.29, 1.82) is 0 Å². The molecule has 0 unspecified atom stereocenters. The highest BCUT2D eigenvalue weighted by atomic mass is 35.5. The van der Waals surface area contributed by atoms with Gasteiger partial charge in [0, 0.05) is 6.20 Å². The smallest absolute Gasteiger partial charge is 0.233 e. The third kappa shape index (κ3) is 1.76. The first-order valence-electron chi connectivity index (χ1n) is 4.13. The van der Waals surface area contributed by atoms with Crippen LogP contribution in [0.15, 0.2) is 12.3 Å². The molecule has 1 saturated heterocycles. The van der Waals surface area contributed by atoms with Gasteiger partial charge >= 0.3 is 0 Å². The summed E-state index contributed by atoms with van der Waals surface area (Å²) in [4.78, 5) is 4.05. The molecule has 1 aliphatic rings. The van der Waals surface area contributed by atoms with Gasteiger partial charge in [0.25, 0.3) is 0 Å². The third-order valence-electron chi connectivity index (χ3n) is 1.94. The van der Waals surface area contributed by atoms with Crippen molar-refractivity contribution in [3.05, 3.63) is 22.8 Å². The van der Waals surface area contributed by atoms with Crippen LogP contribution in [0.4, 0.5) is 0 Å². The zero-order chi connectivity index (χ0) is 9.26. The second kappa shape index (κ2) is 3.52. The maximum absolute atomic E-state index is 5.99. The molecule has 4 heteroatoms. The largest absolute Gasteiger partial charge is 0.468 e. The van der Waals surface area contributed by atoms with E-state index >= 15 is 0 Å². The Kier molecular flexibility index (Phi) is 2.38. The summed E-state index contributed by atoms with van der Waals surface area (Å²) in [5.74, 6) is 0.509. The van der Waals surface area contributed by atoms with Crippen molar-refractivity contribution in [3.8, 4) is 5.88 Å². The Morgan fingerprint density at radius 3 is 3.00 bits per heavy atom. The Morgan fingerprint density at radius 2 is 2.38 bits per heavy atom. The van der Waals surface area contributed by atoms with Crippen molar-refractivity contribution in [2.75, 3.05) is 13.2 Å². The standard InChI is InChI=1S/C9H10ClNO2/c1-6-2-3-11-9(8(6)10)13-7-4-12-5-7/h2-3,7H,4-5H2,1H3. The zero-order valence-electron chi connectivity index (χ0n) is 7.29. The normalized spacial score (nSPS) is 16.8. The van der Waals surface area contributed by atoms with Crippen molar-refractivity contribution in [3.63, 3.8) is 0 Å². The van der Waals surface area contributed by atoms with Crippen LogP contribution in [0, 0.1) is 6.92 Å². The molecule has 1 aromatic heterocycles. The molecule has 0 bridgehead atoms. The highest BCUT2D eigenvalue weighted by Gasteiger charge is 2.21. The summed E-state index contributed by atoms with van der Waals surface area (Å²) in [5, 5.41) is 0.592. The van der Waals surface area contributed by atoms with E-state index in [1.807, 2.05) is 13.0 Å². The summed E-state index contributed by atoms with van der Waals surface area (Å²) in [7, 11) is 0. The minimum Gasteiger partial charge on any atom is -0.468 e. The summed E-state index contributed by atoms with van der Waals surface area (Å²) in [6, 6.07) is 1.85. The Hall–Kier alpha value is -0.800. The second-order valence-corrected chi connectivity index (χ2v) is 3.40. The van der Waals surface area contributed by atoms with Gasteiger partial charge in [0.2, 0.25) is 5.88 Å². The van der Waals surface area contributed by atoms with Gasteiger partial charge in [0.05, 0.1) is 13.2 Å². The van der Waals surface area contributed by atoms with Gasteiger partial charge in [-0.05, 0) is 18.6 Å². The van der Waals surface area contributed by atoms with Crippen LogP contribution in [0.25, 0.3) is 0 Å². The van der Waals surface area contributed by atoms with Crippen molar-refractivity contribution in [1.82, 2.24) is 4.98 Å². The highest BCUT2D eigenvalue weighted by Crippen LogP contribution is 2.26. The molecule has 0 saturated carbocycles. The predicted molar refractivity (Wildman–Crippen MR) is 49.2 cm³/mol. The van der Waals surface area contributed by atoms with Crippen LogP contribution in [0.1, 0.15) is 5.56 Å². The molecule has 0 atom stereocenters. The molecule has 2 heterocycles. The predicted octanol–water partition coefficient (Wildman–Crippen LogP) is 1.82. The molecule has 1 aliphatic heterocycles. The summed E-state index contributed by atoms with van der Waals surface area (Å²) < 4.78 is 10.5. The Balaban J connectivity index is 2.14. The van der Waals surface area contributed by atoms with Crippen molar-refractivity contribution >= 4 is 11.6 Å². The minimum absolute atomic E-state index is 0.117. The molecule has 0 N–H and O–H groups in total. The van der Waals surface area contributed by atoms with E-state index in [4.69, 9.17) is 21.1 Å². The Morgan fingerprint density at radius 1 is 1.62 bits per heavy atom. The van der Waals surface area contributed by atoms with E-state index in [0.717, 1.165) is 5.56 Å². The average molecular weight is 200 g/mol. The van der Waals surface area contributed by atoms with Gasteiger partial charge in [-0.25, -0.2) is 4.98 Å². The van der Waals surface area contributed by atoms with E-state index in [2.05, 4.69) is 4.98 Å². The summed E-state index contributed by atoms with van der Waals surface area (Å²) >= 11 is 5.99. The molecule has 0 spiro atoms. The highest BCUT2D eigenvalue weighted by molar-refractivity contribution is 6.32. The van der Waals surface area contributed by atoms with Gasteiger partial charge in [-0.2, -0.15) is 0 Å². The fourth-order valence-electron chi connectivity index (χ4n) is 1.04. The van der Waals surface area contributed by atoms with Gasteiger partial charge in [0.1, 0.15) is 11.1 Å². The molecular weight excluding hydrogens is 190 g/mol. The van der Waals surface area contributed by atoms with E-state index in [1.165, 1.54) is 0 Å². The third-order valence-corrected chi connectivity index (χ3v) is 2.40. The molecule has 1 fully saturated rings. The number of pyridine rings is 1. The van der Waals surface area contributed by atoms with Crippen molar-refractivity contribution < 1.29 is 9.47 Å². The van der Waals surface area contributed by atoms with E-state index in [0.29, 0.717) is 24.1 Å². The van der Waals surface area contributed by atoms with E-state index in [9.17, 15) is 0 Å². The lowest BCUT2D eigenvalue weighted by Crippen LogP contribution is -2.38. The number of halogens is 1. The minimum atomic E-state index is 0.117. The van der Waals surface area contributed by atoms with Crippen LogP contribution in [-0.2, 0) is 4.74 Å². The SMILES string of the molecule is Cc1ccnc(OC2COC2)c1Cl. The van der Waals surface area contributed by atoms with Crippen LogP contribution in [-0.4, -0.2) is 24.3 Å². The molecular formula is C9H10ClNO2. The zero-order valence-corrected chi connectivity index (χ0v) is 8.04. The van der Waals surface area contributed by atoms with Gasteiger partial charge in [-0.15, -0.1) is 0 Å². The molecule has 70 valence electrons. The number of ether oxygens (including phenoxy) is 2. The number of hydrogen-bond donors (Lipinski definition) is 0. The van der Waals surface area contributed by atoms with E-state index < -0.39 is 0 Å². The molecule has 2 rings (SSSR count). The number of aryl methyl sites for hydroxylation is 1. The van der Waals surface area contributed by atoms with Crippen molar-refractivity contribution in [2.24, 2.45) is 0 Å². The maximum atomic E-state index is 5.99. The molecule has 0 aliphatic carbocycles. The first-order valence-corrected chi connectivity index (χ1v) is 4.50. The van der Waals surface area contributed by atoms with E-state index in [1.54, 1.807) is 6.20 Å². The van der Waals surface area contributed by atoms with Crippen LogP contribution >= 0.6 is 11.6 Å². The van der Waals surface area contributed by atoms with Gasteiger partial charge in [0.15, 0.2) is 0 Å². The first-order chi connectivity index (χ1) is 6.27. The van der Waals surface area contributed by atoms with Gasteiger partial charge in [-0.3, -0.25) is 0 Å². The summed E-state index contributed by atoms with van der Waals surface area (Å²) in [5.41, 5.74) is 0.979. The Bertz CT molecular complexity index is 312. The van der Waals surface area contributed by atoms with Crippen LogP contribution in [0.3, 0.4) is 0 Å². The topological polar surface area (TPSA) is 31.4 Å². The molecule has 13 heavy (non-hydrogen) atoms. The van der Waals surface area contributed by atoms with Crippen molar-refractivity contribution in [2.45, 2.75) is 13.0 Å². The van der Waals surface area contributed by atoms with Gasteiger partial charge < -0.3 is 9.47 Å².